The van der Waals surface area contributed by atoms with Crippen molar-refractivity contribution in [1.29, 1.82) is 0 Å². The zero-order valence-electron chi connectivity index (χ0n) is 39.4. The quantitative estimate of drug-likeness (QED) is 0.0314. The molecule has 8 aromatic rings. The monoisotopic (exact) mass is 1130 g/mol. The number of pyridine rings is 4. The molecule has 22 nitrogen and oxygen atoms in total. The molecule has 3 radical (unpaired) electrons. The van der Waals surface area contributed by atoms with Gasteiger partial charge in [-0.3, -0.25) is 19.2 Å². The molecule has 3 aliphatic heterocycles. The van der Waals surface area contributed by atoms with Gasteiger partial charge in [0, 0.05) is 21.5 Å². The van der Waals surface area contributed by atoms with E-state index in [0.717, 1.165) is 4.90 Å². The van der Waals surface area contributed by atoms with Crippen LogP contribution < -0.4 is 43.0 Å². The van der Waals surface area contributed by atoms with Crippen molar-refractivity contribution < 1.29 is 49.5 Å². The predicted octanol–water partition coefficient (Wildman–Crippen LogP) is 10.4. The maximum Gasteiger partial charge on any atom is 0.338 e. The van der Waals surface area contributed by atoms with Crippen LogP contribution in [0.2, 0.25) is 20.6 Å². The maximum absolute atomic E-state index is 12.5. The second-order valence-electron chi connectivity index (χ2n) is 15.5. The largest absolute Gasteiger partial charge is 0.506 e. The Bertz CT molecular complexity index is 3480. The molecule has 78 heavy (non-hydrogen) atoms. The number of rotatable bonds is 1. The molecule has 0 spiro atoms. The van der Waals surface area contributed by atoms with Gasteiger partial charge in [0.05, 0.1) is 50.7 Å². The number of aromatic hydroxyl groups is 4. The third-order valence-electron chi connectivity index (χ3n) is 10.5. The molecule has 0 atom stereocenters. The first-order valence-electron chi connectivity index (χ1n) is 21.6. The molecule has 3 aliphatic rings. The van der Waals surface area contributed by atoms with Gasteiger partial charge in [-0.05, 0) is 97.1 Å². The fourth-order valence-corrected chi connectivity index (χ4v) is 7.65. The molecular weight excluding hydrogens is 1090 g/mol. The summed E-state index contributed by atoms with van der Waals surface area (Å²) in [6, 6.07) is 31.4. The third kappa shape index (κ3) is 13.6. The first kappa shape index (κ1) is 59.3. The number of nitrogens with zero attached hydrogens (tertiary/aromatic N) is 5. The van der Waals surface area contributed by atoms with Crippen LogP contribution in [0.4, 0.5) is 63.0 Å². The molecule has 14 N–H and O–H groups in total. The Morgan fingerprint density at radius 1 is 0.538 bits per heavy atom. The van der Waals surface area contributed by atoms with Gasteiger partial charge in [-0.25, -0.2) is 29.6 Å². The number of aromatic nitrogens is 4. The van der Waals surface area contributed by atoms with Crippen LogP contribution in [0.25, 0.3) is 0 Å². The van der Waals surface area contributed by atoms with Gasteiger partial charge in [0.25, 0.3) is 17.7 Å². The highest BCUT2D eigenvalue weighted by Gasteiger charge is 2.32. The van der Waals surface area contributed by atoms with E-state index in [1.807, 2.05) is 0 Å². The van der Waals surface area contributed by atoms with E-state index < -0.39 is 17.8 Å². The highest BCUT2D eigenvalue weighted by molar-refractivity contribution is 6.34. The highest BCUT2D eigenvalue weighted by Crippen LogP contribution is 2.42. The molecule has 27 heteroatoms. The SMILES string of the molecule is C.CC(=O)N1C(=O)c2cccnc2Nc2cccc(O)c21.Nc1cccc(O)c1N.O=C(O)c1ccc(Cl)nc1Cl.O=C1Nc2c(O)cccc2Nc2nc(Cl)ccc21.O=C1Nc2c(O)cccc2Nc2nc(Cl)ccc21.[B]. The van der Waals surface area contributed by atoms with Crippen molar-refractivity contribution in [1.82, 2.24) is 19.9 Å². The van der Waals surface area contributed by atoms with Crippen molar-refractivity contribution in [3.8, 4) is 23.0 Å². The van der Waals surface area contributed by atoms with E-state index in [1.54, 1.807) is 79.0 Å². The van der Waals surface area contributed by atoms with Gasteiger partial charge < -0.3 is 63.6 Å². The van der Waals surface area contributed by atoms with Crippen molar-refractivity contribution >= 4 is 147 Å². The number of phenolic OH excluding ortho intramolecular Hbond substituents is 4. The summed E-state index contributed by atoms with van der Waals surface area (Å²) in [6.45, 7) is 1.27. The Balaban J connectivity index is 0.000000183. The van der Waals surface area contributed by atoms with Gasteiger partial charge in [-0.2, -0.15) is 0 Å². The van der Waals surface area contributed by atoms with E-state index in [0.29, 0.717) is 62.7 Å². The van der Waals surface area contributed by atoms with Crippen LogP contribution in [0.15, 0.2) is 128 Å². The molecular formula is C51H42BCl4N12O10. The van der Waals surface area contributed by atoms with Gasteiger partial charge >= 0.3 is 5.97 Å². The smallest absolute Gasteiger partial charge is 0.338 e. The number of hydrogen-bond acceptors (Lipinski definition) is 18. The molecule has 0 unspecified atom stereocenters. The van der Waals surface area contributed by atoms with Crippen LogP contribution in [-0.2, 0) is 4.79 Å². The molecule has 7 heterocycles. The zero-order chi connectivity index (χ0) is 55.0. The van der Waals surface area contributed by atoms with Crippen LogP contribution in [0.1, 0.15) is 55.8 Å². The number of carbonyl (C=O) groups excluding carboxylic acids is 4. The number of phenols is 4. The van der Waals surface area contributed by atoms with E-state index in [2.05, 4.69) is 46.5 Å². The number of carboxylic acid groups (broad SMARTS) is 1. The lowest BCUT2D eigenvalue weighted by Crippen LogP contribution is -2.34. The number of aromatic carboxylic acids is 1. The summed E-state index contributed by atoms with van der Waals surface area (Å²) in [5.41, 5.74) is 14.7. The fraction of sp³-hybridized carbons (Fsp3) is 0.0392. The summed E-state index contributed by atoms with van der Waals surface area (Å²) in [5, 5.41) is 61.7. The molecule has 4 aromatic carbocycles. The van der Waals surface area contributed by atoms with Crippen molar-refractivity contribution in [2.75, 3.05) is 43.0 Å². The Morgan fingerprint density at radius 3 is 1.49 bits per heavy atom. The number of fused-ring (bicyclic) bond motifs is 6. The lowest BCUT2D eigenvalue weighted by Gasteiger charge is -2.19. The van der Waals surface area contributed by atoms with Crippen molar-refractivity contribution in [3.63, 3.8) is 0 Å². The first-order valence-corrected chi connectivity index (χ1v) is 23.1. The average molecular weight is 1140 g/mol. The summed E-state index contributed by atoms with van der Waals surface area (Å²) in [6.07, 6.45) is 1.55. The van der Waals surface area contributed by atoms with Crippen molar-refractivity contribution in [2.24, 2.45) is 0 Å². The number of para-hydroxylation sites is 4. The lowest BCUT2D eigenvalue weighted by molar-refractivity contribution is -0.116. The van der Waals surface area contributed by atoms with Gasteiger partial charge in [0.2, 0.25) is 5.91 Å². The Hall–Kier alpha value is -9.55. The molecule has 0 saturated carbocycles. The number of nitrogens with two attached hydrogens (primary N) is 2. The third-order valence-corrected chi connectivity index (χ3v) is 11.4. The number of halogens is 4. The number of amides is 4. The number of nitrogens with one attached hydrogen (secondary N) is 5. The molecule has 0 bridgehead atoms. The molecule has 0 saturated heterocycles. The number of nitrogen functional groups attached to an aromatic ring is 2. The number of carboxylic acids is 1. The second-order valence-corrected chi connectivity index (χ2v) is 17.1. The van der Waals surface area contributed by atoms with Crippen LogP contribution in [0, 0.1) is 0 Å². The molecule has 4 aromatic heterocycles. The van der Waals surface area contributed by atoms with Crippen LogP contribution in [0.5, 0.6) is 23.0 Å². The molecule has 0 aliphatic carbocycles. The van der Waals surface area contributed by atoms with E-state index in [-0.39, 0.29) is 93.8 Å². The van der Waals surface area contributed by atoms with E-state index >= 15 is 0 Å². The molecule has 4 amide bonds. The average Bonchev–Trinajstić information content (AvgIpc) is 3.68. The van der Waals surface area contributed by atoms with Crippen molar-refractivity contribution in [2.45, 2.75) is 14.4 Å². The standard InChI is InChI=1S/C14H11N3O3.2C12H8ClN3O2.C6H3Cl2NO2.C6H8N2O.CH4.B/c1-8(18)17-12-10(5-2-6-11(12)19)16-13-9(14(17)20)4-3-7-15-13;2*13-9-5-4-6-11(15-9)14-7-2-1-3-8(17)10(7)16-12(6)18;7-4-2-1-3(6(10)11)5(8)9-4;7-4-2-1-3-5(9)6(4)8;;/h2-7,19H,1H3,(H,15,16);2*1-5,17H,(H,14,15)(H,16,18);1-2H,(H,10,11);1-3,9H,7-8H2;1H4;. The van der Waals surface area contributed by atoms with Gasteiger partial charge in [-0.1, -0.05) is 78.1 Å². The molecule has 11 rings (SSSR count). The van der Waals surface area contributed by atoms with Gasteiger partial charge in [0.1, 0.15) is 78.1 Å². The summed E-state index contributed by atoms with van der Waals surface area (Å²) >= 11 is 22.5. The zero-order valence-corrected chi connectivity index (χ0v) is 42.4. The van der Waals surface area contributed by atoms with E-state index in [1.165, 1.54) is 55.5 Å². The van der Waals surface area contributed by atoms with Gasteiger partial charge in [-0.15, -0.1) is 0 Å². The topological polar surface area (TPSA) is 353 Å². The maximum atomic E-state index is 12.5. The Labute approximate surface area is 465 Å². The number of imide groups is 1. The lowest BCUT2D eigenvalue weighted by atomic mass is 10.2. The summed E-state index contributed by atoms with van der Waals surface area (Å²) < 4.78 is 0. The first-order chi connectivity index (χ1) is 36.2. The number of anilines is 11. The van der Waals surface area contributed by atoms with Crippen LogP contribution >= 0.6 is 46.4 Å². The van der Waals surface area contributed by atoms with E-state index in [4.69, 9.17) is 68.1 Å². The normalized spacial score (nSPS) is 11.7. The summed E-state index contributed by atoms with van der Waals surface area (Å²) in [4.78, 5) is 75.4. The highest BCUT2D eigenvalue weighted by atomic mass is 35.5. The van der Waals surface area contributed by atoms with Crippen molar-refractivity contribution in [3.05, 3.63) is 170 Å². The fourth-order valence-electron chi connectivity index (χ4n) is 6.93. The Morgan fingerprint density at radius 2 is 1.00 bits per heavy atom. The van der Waals surface area contributed by atoms with Gasteiger partial charge in [0.15, 0.2) is 0 Å². The van der Waals surface area contributed by atoms with Crippen LogP contribution in [0.3, 0.4) is 0 Å². The number of carbonyl (C=O) groups is 5. The minimum absolute atomic E-state index is 0. The minimum atomic E-state index is -1.11. The second kappa shape index (κ2) is 25.8. The Kier molecular flexibility index (Phi) is 19.6. The summed E-state index contributed by atoms with van der Waals surface area (Å²) in [5.74, 6) is -1.84. The van der Waals surface area contributed by atoms with Crippen LogP contribution in [-0.4, -0.2) is 83.5 Å². The number of hydrogen-bond donors (Lipinski definition) is 12. The molecule has 0 fully saturated rings. The molecule has 397 valence electrons. The summed E-state index contributed by atoms with van der Waals surface area (Å²) in [7, 11) is 0. The van der Waals surface area contributed by atoms with E-state index in [9.17, 15) is 39.3 Å². The predicted molar refractivity (Wildman–Crippen MR) is 301 cm³/mol. The number of benzene rings is 4. The minimum Gasteiger partial charge on any atom is -0.506 e.